The molecule has 108 valence electrons. The lowest BCUT2D eigenvalue weighted by Crippen LogP contribution is -2.12. The highest BCUT2D eigenvalue weighted by Crippen LogP contribution is 2.29. The van der Waals surface area contributed by atoms with Gasteiger partial charge in [0, 0.05) is 16.1 Å². The summed E-state index contributed by atoms with van der Waals surface area (Å²) in [5, 5.41) is 10.7. The summed E-state index contributed by atoms with van der Waals surface area (Å²) in [5.41, 5.74) is 0.403. The zero-order valence-electron chi connectivity index (χ0n) is 10.6. The van der Waals surface area contributed by atoms with E-state index in [4.69, 9.17) is 4.74 Å². The fourth-order valence-corrected chi connectivity index (χ4v) is 2.49. The van der Waals surface area contributed by atoms with Gasteiger partial charge in [0.2, 0.25) is 5.78 Å². The van der Waals surface area contributed by atoms with Gasteiger partial charge in [0.1, 0.15) is 5.75 Å². The molecular weight excluding hydrogens is 406 g/mol. The topological polar surface area (TPSA) is 69.4 Å². The highest BCUT2D eigenvalue weighted by atomic mass is 79.9. The van der Waals surface area contributed by atoms with Crippen LogP contribution in [-0.4, -0.2) is 17.3 Å². The van der Waals surface area contributed by atoms with E-state index in [1.54, 1.807) is 24.3 Å². The average molecular weight is 415 g/mol. The van der Waals surface area contributed by atoms with Gasteiger partial charge in [-0.15, -0.1) is 0 Å². The van der Waals surface area contributed by atoms with Crippen LogP contribution in [0, 0.1) is 10.1 Å². The Balaban J connectivity index is 2.13. The molecule has 0 aromatic heterocycles. The molecule has 0 amide bonds. The van der Waals surface area contributed by atoms with Gasteiger partial charge in [-0.3, -0.25) is 14.9 Å². The van der Waals surface area contributed by atoms with Crippen molar-refractivity contribution in [1.29, 1.82) is 0 Å². The Morgan fingerprint density at radius 1 is 1.14 bits per heavy atom. The second-order valence-corrected chi connectivity index (χ2v) is 5.77. The lowest BCUT2D eigenvalue weighted by Gasteiger charge is -2.08. The Labute approximate surface area is 137 Å². The first-order chi connectivity index (χ1) is 9.99. The second-order valence-electron chi connectivity index (χ2n) is 4.06. The number of nitro groups is 1. The standard InChI is InChI=1S/C14H9Br2NO4/c15-11-4-2-1-3-10(11)13(18)8-21-14-7-9(17(19)20)5-6-12(14)16/h1-7H,8H2. The minimum Gasteiger partial charge on any atom is -0.484 e. The number of hydrogen-bond acceptors (Lipinski definition) is 4. The Kier molecular flexibility index (Phi) is 5.08. The zero-order valence-corrected chi connectivity index (χ0v) is 13.8. The Morgan fingerprint density at radius 3 is 2.52 bits per heavy atom. The molecule has 0 bridgehead atoms. The predicted molar refractivity (Wildman–Crippen MR) is 84.8 cm³/mol. The Morgan fingerprint density at radius 2 is 1.86 bits per heavy atom. The average Bonchev–Trinajstić information content (AvgIpc) is 2.46. The first kappa shape index (κ1) is 15.7. The maximum absolute atomic E-state index is 12.1. The molecule has 0 fully saturated rings. The molecule has 0 spiro atoms. The number of benzene rings is 2. The third-order valence-corrected chi connectivity index (χ3v) is 4.01. The van der Waals surface area contributed by atoms with E-state index < -0.39 is 4.92 Å². The Bertz CT molecular complexity index is 703. The number of Topliss-reactive ketones (excluding diaryl/α,β-unsaturated/α-hetero) is 1. The van der Waals surface area contributed by atoms with E-state index >= 15 is 0 Å². The molecule has 0 heterocycles. The minimum atomic E-state index is -0.519. The molecule has 2 rings (SSSR count). The molecule has 21 heavy (non-hydrogen) atoms. The van der Waals surface area contributed by atoms with Crippen molar-refractivity contribution >= 4 is 43.3 Å². The largest absolute Gasteiger partial charge is 0.484 e. The molecule has 0 aliphatic carbocycles. The maximum Gasteiger partial charge on any atom is 0.273 e. The highest BCUT2D eigenvalue weighted by Gasteiger charge is 2.14. The summed E-state index contributed by atoms with van der Waals surface area (Å²) in [5.74, 6) is 0.0329. The van der Waals surface area contributed by atoms with Gasteiger partial charge in [0.15, 0.2) is 6.61 Å². The molecule has 0 aliphatic heterocycles. The van der Waals surface area contributed by atoms with E-state index in [1.807, 2.05) is 0 Å². The molecule has 0 radical (unpaired) electrons. The molecule has 0 atom stereocenters. The van der Waals surface area contributed by atoms with E-state index in [9.17, 15) is 14.9 Å². The smallest absolute Gasteiger partial charge is 0.273 e. The summed E-state index contributed by atoms with van der Waals surface area (Å²) in [6.45, 7) is -0.206. The van der Waals surface area contributed by atoms with Gasteiger partial charge in [-0.2, -0.15) is 0 Å². The molecule has 0 unspecified atom stereocenters. The van der Waals surface area contributed by atoms with E-state index in [0.717, 1.165) is 0 Å². The molecule has 2 aromatic rings. The van der Waals surface area contributed by atoms with Crippen molar-refractivity contribution < 1.29 is 14.5 Å². The van der Waals surface area contributed by atoms with E-state index in [2.05, 4.69) is 31.9 Å². The van der Waals surface area contributed by atoms with Gasteiger partial charge in [-0.1, -0.05) is 34.1 Å². The third kappa shape index (κ3) is 3.89. The van der Waals surface area contributed by atoms with E-state index in [1.165, 1.54) is 18.2 Å². The monoisotopic (exact) mass is 413 g/mol. The van der Waals surface area contributed by atoms with Gasteiger partial charge >= 0.3 is 0 Å². The van der Waals surface area contributed by atoms with Crippen molar-refractivity contribution in [3.8, 4) is 5.75 Å². The molecule has 0 aliphatic rings. The van der Waals surface area contributed by atoms with Crippen molar-refractivity contribution in [2.24, 2.45) is 0 Å². The van der Waals surface area contributed by atoms with Gasteiger partial charge < -0.3 is 4.74 Å². The van der Waals surface area contributed by atoms with E-state index in [0.29, 0.717) is 14.5 Å². The van der Waals surface area contributed by atoms with Crippen LogP contribution in [0.3, 0.4) is 0 Å². The van der Waals surface area contributed by atoms with Crippen molar-refractivity contribution in [1.82, 2.24) is 0 Å². The summed E-state index contributed by atoms with van der Waals surface area (Å²) in [6.07, 6.45) is 0. The van der Waals surface area contributed by atoms with Gasteiger partial charge in [-0.25, -0.2) is 0 Å². The van der Waals surface area contributed by atoms with Crippen molar-refractivity contribution in [2.75, 3.05) is 6.61 Å². The first-order valence-electron chi connectivity index (χ1n) is 5.83. The van der Waals surface area contributed by atoms with Crippen molar-refractivity contribution in [3.05, 3.63) is 67.1 Å². The van der Waals surface area contributed by atoms with Gasteiger partial charge in [-0.05, 0) is 28.1 Å². The summed E-state index contributed by atoms with van der Waals surface area (Å²) in [6, 6.07) is 11.1. The molecule has 5 nitrogen and oxygen atoms in total. The molecule has 0 N–H and O–H groups in total. The number of halogens is 2. The summed E-state index contributed by atoms with van der Waals surface area (Å²) >= 11 is 6.53. The number of nitrogens with zero attached hydrogens (tertiary/aromatic N) is 1. The Hall–Kier alpha value is -1.73. The fourth-order valence-electron chi connectivity index (χ4n) is 1.62. The van der Waals surface area contributed by atoms with Crippen LogP contribution in [-0.2, 0) is 0 Å². The number of carbonyl (C=O) groups excluding carboxylic acids is 1. The zero-order chi connectivity index (χ0) is 15.4. The van der Waals surface area contributed by atoms with Crippen LogP contribution >= 0.6 is 31.9 Å². The summed E-state index contributed by atoms with van der Waals surface area (Å²) in [4.78, 5) is 22.3. The number of ether oxygens (including phenoxy) is 1. The predicted octanol–water partition coefficient (Wildman–Crippen LogP) is 4.38. The SMILES string of the molecule is O=C(COc1cc([N+](=O)[O-])ccc1Br)c1ccccc1Br. The number of carbonyl (C=O) groups is 1. The summed E-state index contributed by atoms with van der Waals surface area (Å²) < 4.78 is 6.60. The van der Waals surface area contributed by atoms with Crippen LogP contribution in [0.1, 0.15) is 10.4 Å². The molecule has 7 heteroatoms. The number of non-ortho nitro benzene ring substituents is 1. The summed E-state index contributed by atoms with van der Waals surface area (Å²) in [7, 11) is 0. The lowest BCUT2D eigenvalue weighted by atomic mass is 10.1. The van der Waals surface area contributed by atoms with Crippen molar-refractivity contribution in [3.63, 3.8) is 0 Å². The number of hydrogen-bond donors (Lipinski definition) is 0. The number of nitro benzene ring substituents is 1. The quantitative estimate of drug-likeness (QED) is 0.413. The lowest BCUT2D eigenvalue weighted by molar-refractivity contribution is -0.384. The minimum absolute atomic E-state index is 0.0958. The molecule has 2 aromatic carbocycles. The maximum atomic E-state index is 12.1. The van der Waals surface area contributed by atoms with Crippen LogP contribution in [0.4, 0.5) is 5.69 Å². The highest BCUT2D eigenvalue weighted by molar-refractivity contribution is 9.10. The molecule has 0 saturated carbocycles. The number of rotatable bonds is 5. The van der Waals surface area contributed by atoms with Crippen molar-refractivity contribution in [2.45, 2.75) is 0 Å². The third-order valence-electron chi connectivity index (χ3n) is 2.66. The van der Waals surface area contributed by atoms with Crippen LogP contribution in [0.5, 0.6) is 5.75 Å². The normalized spacial score (nSPS) is 10.2. The first-order valence-corrected chi connectivity index (χ1v) is 7.42. The van der Waals surface area contributed by atoms with E-state index in [-0.39, 0.29) is 23.8 Å². The van der Waals surface area contributed by atoms with Gasteiger partial charge in [0.05, 0.1) is 15.5 Å². The fraction of sp³-hybridized carbons (Fsp3) is 0.0714. The van der Waals surface area contributed by atoms with Crippen LogP contribution in [0.15, 0.2) is 51.4 Å². The van der Waals surface area contributed by atoms with Crippen LogP contribution < -0.4 is 4.74 Å². The number of ketones is 1. The second kappa shape index (κ2) is 6.82. The van der Waals surface area contributed by atoms with Crippen LogP contribution in [0.2, 0.25) is 0 Å². The molecular formula is C14H9Br2NO4. The van der Waals surface area contributed by atoms with Crippen LogP contribution in [0.25, 0.3) is 0 Å². The molecule has 0 saturated heterocycles. The van der Waals surface area contributed by atoms with Gasteiger partial charge in [0.25, 0.3) is 5.69 Å².